The Balaban J connectivity index is 1.46. The molecule has 27 heavy (non-hydrogen) atoms. The zero-order valence-corrected chi connectivity index (χ0v) is 15.9. The van der Waals surface area contributed by atoms with E-state index in [1.807, 2.05) is 30.3 Å². The summed E-state index contributed by atoms with van der Waals surface area (Å²) in [5.74, 6) is -0.462. The number of benzene rings is 2. The van der Waals surface area contributed by atoms with Crippen LogP contribution in [0.3, 0.4) is 0 Å². The quantitative estimate of drug-likeness (QED) is 0.773. The van der Waals surface area contributed by atoms with Gasteiger partial charge >= 0.3 is 5.97 Å². The number of carbonyl (C=O) groups is 2. The van der Waals surface area contributed by atoms with Crippen LogP contribution in [0.25, 0.3) is 0 Å². The van der Waals surface area contributed by atoms with Crippen molar-refractivity contribution in [2.75, 3.05) is 13.2 Å². The third-order valence-electron chi connectivity index (χ3n) is 4.48. The molecule has 0 fully saturated rings. The van der Waals surface area contributed by atoms with E-state index in [1.54, 1.807) is 25.1 Å². The van der Waals surface area contributed by atoms with E-state index in [1.165, 1.54) is 0 Å². The Morgan fingerprint density at radius 2 is 2.04 bits per heavy atom. The van der Waals surface area contributed by atoms with Gasteiger partial charge in [-0.2, -0.15) is 0 Å². The standard InChI is InChI=1S/C21H22ClNO4/c1-14(20(24)23-10-9-15-5-3-2-4-6-15)27-21(25)17-11-16-12-18(22)7-8-19(16)26-13-17/h2-8,12,14,17H,9-11,13H2,1H3,(H,23,24)/t14-,17-/m0/s1. The van der Waals surface area contributed by atoms with Crippen molar-refractivity contribution in [3.8, 4) is 5.75 Å². The number of carbonyl (C=O) groups excluding carboxylic acids is 2. The van der Waals surface area contributed by atoms with E-state index in [0.29, 0.717) is 18.0 Å². The lowest BCUT2D eigenvalue weighted by molar-refractivity contribution is -0.160. The molecule has 0 saturated heterocycles. The fraction of sp³-hybridized carbons (Fsp3) is 0.333. The van der Waals surface area contributed by atoms with Crippen molar-refractivity contribution < 1.29 is 19.1 Å². The minimum Gasteiger partial charge on any atom is -0.492 e. The maximum atomic E-state index is 12.4. The molecule has 3 rings (SSSR count). The zero-order chi connectivity index (χ0) is 19.2. The van der Waals surface area contributed by atoms with Crippen LogP contribution in [0.15, 0.2) is 48.5 Å². The number of hydrogen-bond acceptors (Lipinski definition) is 4. The second kappa shape index (κ2) is 8.91. The molecule has 0 spiro atoms. The summed E-state index contributed by atoms with van der Waals surface area (Å²) in [6.07, 6.45) is 0.354. The van der Waals surface area contributed by atoms with E-state index in [0.717, 1.165) is 23.3 Å². The molecule has 2 aromatic carbocycles. The highest BCUT2D eigenvalue weighted by Crippen LogP contribution is 2.30. The first-order valence-electron chi connectivity index (χ1n) is 8.96. The van der Waals surface area contributed by atoms with Gasteiger partial charge in [-0.3, -0.25) is 9.59 Å². The van der Waals surface area contributed by atoms with Gasteiger partial charge in [-0.25, -0.2) is 0 Å². The zero-order valence-electron chi connectivity index (χ0n) is 15.1. The third kappa shape index (κ3) is 5.23. The molecule has 5 nitrogen and oxygen atoms in total. The summed E-state index contributed by atoms with van der Waals surface area (Å²) in [7, 11) is 0. The van der Waals surface area contributed by atoms with Crippen molar-refractivity contribution in [2.45, 2.75) is 25.9 Å². The van der Waals surface area contributed by atoms with Crippen LogP contribution >= 0.6 is 11.6 Å². The first kappa shape index (κ1) is 19.2. The van der Waals surface area contributed by atoms with E-state index in [-0.39, 0.29) is 12.5 Å². The SMILES string of the molecule is C[C@H](OC(=O)[C@@H]1COc2ccc(Cl)cc2C1)C(=O)NCCc1ccccc1. The largest absolute Gasteiger partial charge is 0.492 e. The molecule has 0 bridgehead atoms. The normalized spacial score (nSPS) is 16.6. The predicted molar refractivity (Wildman–Crippen MR) is 103 cm³/mol. The molecule has 0 radical (unpaired) electrons. The van der Waals surface area contributed by atoms with E-state index in [9.17, 15) is 9.59 Å². The lowest BCUT2D eigenvalue weighted by atomic mass is 9.97. The lowest BCUT2D eigenvalue weighted by Crippen LogP contribution is -2.39. The van der Waals surface area contributed by atoms with E-state index >= 15 is 0 Å². The van der Waals surface area contributed by atoms with E-state index in [2.05, 4.69) is 5.32 Å². The number of fused-ring (bicyclic) bond motifs is 1. The highest BCUT2D eigenvalue weighted by Gasteiger charge is 2.29. The van der Waals surface area contributed by atoms with Crippen molar-refractivity contribution in [2.24, 2.45) is 5.92 Å². The van der Waals surface area contributed by atoms with E-state index in [4.69, 9.17) is 21.1 Å². The van der Waals surface area contributed by atoms with Gasteiger partial charge in [0.05, 0.1) is 5.92 Å². The smallest absolute Gasteiger partial charge is 0.313 e. The van der Waals surface area contributed by atoms with Crippen molar-refractivity contribution in [3.63, 3.8) is 0 Å². The number of esters is 1. The Morgan fingerprint density at radius 3 is 2.81 bits per heavy atom. The molecule has 1 aliphatic heterocycles. The molecule has 1 aliphatic rings. The number of nitrogens with one attached hydrogen (secondary N) is 1. The lowest BCUT2D eigenvalue weighted by Gasteiger charge is -2.25. The molecule has 1 amide bonds. The second-order valence-corrected chi connectivity index (χ2v) is 7.01. The molecule has 1 N–H and O–H groups in total. The average Bonchev–Trinajstić information content (AvgIpc) is 2.68. The highest BCUT2D eigenvalue weighted by atomic mass is 35.5. The van der Waals surface area contributed by atoms with Crippen LogP contribution in [0.4, 0.5) is 0 Å². The number of ether oxygens (including phenoxy) is 2. The first-order chi connectivity index (χ1) is 13.0. The highest BCUT2D eigenvalue weighted by molar-refractivity contribution is 6.30. The summed E-state index contributed by atoms with van der Waals surface area (Å²) in [5, 5.41) is 3.39. The van der Waals surface area contributed by atoms with Gasteiger partial charge in [-0.15, -0.1) is 0 Å². The monoisotopic (exact) mass is 387 g/mol. The van der Waals surface area contributed by atoms with Gasteiger partial charge in [0.25, 0.3) is 5.91 Å². The molecule has 0 unspecified atom stereocenters. The van der Waals surface area contributed by atoms with E-state index < -0.39 is 18.0 Å². The summed E-state index contributed by atoms with van der Waals surface area (Å²) >= 11 is 6.00. The average molecular weight is 388 g/mol. The molecule has 1 heterocycles. The number of halogens is 1. The maximum Gasteiger partial charge on any atom is 0.313 e. The molecule has 6 heteroatoms. The Morgan fingerprint density at radius 1 is 1.26 bits per heavy atom. The second-order valence-electron chi connectivity index (χ2n) is 6.57. The summed E-state index contributed by atoms with van der Waals surface area (Å²) in [6.45, 7) is 2.29. The third-order valence-corrected chi connectivity index (χ3v) is 4.72. The fourth-order valence-electron chi connectivity index (χ4n) is 2.96. The molecule has 0 saturated carbocycles. The fourth-order valence-corrected chi connectivity index (χ4v) is 3.15. The van der Waals surface area contributed by atoms with Crippen LogP contribution in [0.2, 0.25) is 5.02 Å². The molecule has 0 aromatic heterocycles. The van der Waals surface area contributed by atoms with Crippen LogP contribution in [0.1, 0.15) is 18.1 Å². The minimum atomic E-state index is -0.853. The Hall–Kier alpha value is -2.53. The van der Waals surface area contributed by atoms with Crippen LogP contribution in [-0.4, -0.2) is 31.1 Å². The van der Waals surface area contributed by atoms with Crippen molar-refractivity contribution in [1.29, 1.82) is 0 Å². The number of amides is 1. The molecule has 2 atom stereocenters. The van der Waals surface area contributed by atoms with Crippen molar-refractivity contribution in [1.82, 2.24) is 5.32 Å². The van der Waals surface area contributed by atoms with Crippen molar-refractivity contribution >= 4 is 23.5 Å². The molecular weight excluding hydrogens is 366 g/mol. The predicted octanol–water partition coefficient (Wildman–Crippen LogP) is 3.18. The molecular formula is C21H22ClNO4. The van der Waals surface area contributed by atoms with Crippen LogP contribution in [0, 0.1) is 5.92 Å². The molecule has 142 valence electrons. The molecule has 2 aromatic rings. The van der Waals surface area contributed by atoms with Crippen LogP contribution in [-0.2, 0) is 27.2 Å². The van der Waals surface area contributed by atoms with Gasteiger partial charge in [-0.05, 0) is 49.1 Å². The Labute approximate surface area is 163 Å². The van der Waals surface area contributed by atoms with Gasteiger partial charge in [-0.1, -0.05) is 41.9 Å². The Bertz CT molecular complexity index is 809. The number of hydrogen-bond donors (Lipinski definition) is 1. The Kier molecular flexibility index (Phi) is 6.35. The van der Waals surface area contributed by atoms with Crippen LogP contribution < -0.4 is 10.1 Å². The summed E-state index contributed by atoms with van der Waals surface area (Å²) in [5.41, 5.74) is 2.01. The van der Waals surface area contributed by atoms with Crippen LogP contribution in [0.5, 0.6) is 5.75 Å². The van der Waals surface area contributed by atoms with Gasteiger partial charge in [0.15, 0.2) is 6.10 Å². The van der Waals surface area contributed by atoms with Gasteiger partial charge in [0, 0.05) is 11.6 Å². The summed E-state index contributed by atoms with van der Waals surface area (Å²) in [4.78, 5) is 24.5. The van der Waals surface area contributed by atoms with Gasteiger partial charge < -0.3 is 14.8 Å². The summed E-state index contributed by atoms with van der Waals surface area (Å²) in [6, 6.07) is 15.2. The first-order valence-corrected chi connectivity index (χ1v) is 9.34. The summed E-state index contributed by atoms with van der Waals surface area (Å²) < 4.78 is 10.9. The topological polar surface area (TPSA) is 64.6 Å². The number of rotatable bonds is 6. The molecule has 0 aliphatic carbocycles. The minimum absolute atomic E-state index is 0.232. The van der Waals surface area contributed by atoms with Crippen molar-refractivity contribution in [3.05, 3.63) is 64.7 Å². The van der Waals surface area contributed by atoms with Gasteiger partial charge in [0.1, 0.15) is 12.4 Å². The van der Waals surface area contributed by atoms with Gasteiger partial charge in [0.2, 0.25) is 0 Å². The maximum absolute atomic E-state index is 12.4.